The zero-order chi connectivity index (χ0) is 27.0. The summed E-state index contributed by atoms with van der Waals surface area (Å²) in [5, 5.41) is 0. The standard InChI is InChI=1S/C33H37F3O2/c1-3-8-29(34)23-37-22-25-13-20-31(28-16-14-27(15-17-28)26-9-6-5-7-10-26)32(21-25)33(35,36)38-30-18-11-24(4-2)12-19-30/h4-7,9-10,13-17,20-21,24,29-30H,2-3,8,11-12,18-19,22-23H2,1H3. The summed E-state index contributed by atoms with van der Waals surface area (Å²) >= 11 is 0. The molecule has 0 radical (unpaired) electrons. The third-order valence-corrected chi connectivity index (χ3v) is 7.24. The molecule has 1 fully saturated rings. The van der Waals surface area contributed by atoms with E-state index in [0.717, 1.165) is 30.4 Å². The van der Waals surface area contributed by atoms with Crippen LogP contribution in [0.25, 0.3) is 22.3 Å². The van der Waals surface area contributed by atoms with Crippen LogP contribution >= 0.6 is 0 Å². The zero-order valence-electron chi connectivity index (χ0n) is 22.1. The molecule has 0 amide bonds. The van der Waals surface area contributed by atoms with E-state index in [1.165, 1.54) is 6.07 Å². The first kappa shape index (κ1) is 28.1. The van der Waals surface area contributed by atoms with Crippen molar-refractivity contribution in [2.24, 2.45) is 5.92 Å². The Labute approximate surface area is 224 Å². The number of ether oxygens (including phenoxy) is 2. The summed E-state index contributed by atoms with van der Waals surface area (Å²) in [6.07, 6.45) is 0.734. The number of benzene rings is 3. The molecule has 1 aliphatic rings. The maximum atomic E-state index is 15.8. The van der Waals surface area contributed by atoms with E-state index < -0.39 is 18.4 Å². The first-order valence-electron chi connectivity index (χ1n) is 13.6. The van der Waals surface area contributed by atoms with Gasteiger partial charge in [-0.05, 0) is 71.9 Å². The fourth-order valence-electron chi connectivity index (χ4n) is 5.06. The van der Waals surface area contributed by atoms with Crippen molar-refractivity contribution < 1.29 is 22.6 Å². The summed E-state index contributed by atoms with van der Waals surface area (Å²) in [5.74, 6) is 0.356. The van der Waals surface area contributed by atoms with Gasteiger partial charge in [-0.1, -0.05) is 86.2 Å². The van der Waals surface area contributed by atoms with Crippen LogP contribution in [-0.2, 0) is 22.2 Å². The molecular weight excluding hydrogens is 485 g/mol. The Balaban J connectivity index is 1.59. The van der Waals surface area contributed by atoms with E-state index in [1.807, 2.05) is 67.6 Å². The van der Waals surface area contributed by atoms with E-state index in [9.17, 15) is 4.39 Å². The van der Waals surface area contributed by atoms with Crippen molar-refractivity contribution >= 4 is 0 Å². The molecule has 1 atom stereocenters. The van der Waals surface area contributed by atoms with E-state index in [-0.39, 0.29) is 18.8 Å². The Kier molecular flexibility index (Phi) is 9.81. The molecule has 0 heterocycles. The lowest BCUT2D eigenvalue weighted by atomic mass is 9.87. The van der Waals surface area contributed by atoms with Gasteiger partial charge in [0, 0.05) is 0 Å². The average Bonchev–Trinajstić information content (AvgIpc) is 2.94. The minimum atomic E-state index is -3.49. The molecule has 0 saturated heterocycles. The van der Waals surface area contributed by atoms with E-state index >= 15 is 8.78 Å². The molecule has 0 aromatic heterocycles. The highest BCUT2D eigenvalue weighted by Crippen LogP contribution is 2.41. The van der Waals surface area contributed by atoms with Gasteiger partial charge in [-0.15, -0.1) is 6.58 Å². The van der Waals surface area contributed by atoms with Crippen molar-refractivity contribution in [3.05, 3.63) is 96.6 Å². The quantitative estimate of drug-likeness (QED) is 0.221. The second kappa shape index (κ2) is 13.3. The molecule has 0 bridgehead atoms. The third-order valence-electron chi connectivity index (χ3n) is 7.24. The molecular formula is C33H37F3O2. The van der Waals surface area contributed by atoms with Crippen molar-refractivity contribution in [2.75, 3.05) is 6.61 Å². The third kappa shape index (κ3) is 7.36. The highest BCUT2D eigenvalue weighted by atomic mass is 19.3. The fraction of sp³-hybridized carbons (Fsp3) is 0.394. The predicted octanol–water partition coefficient (Wildman–Crippen LogP) is 9.49. The van der Waals surface area contributed by atoms with Gasteiger partial charge in [0.1, 0.15) is 6.17 Å². The van der Waals surface area contributed by atoms with Crippen LogP contribution in [0.4, 0.5) is 13.2 Å². The molecule has 38 heavy (non-hydrogen) atoms. The number of rotatable bonds is 12. The maximum absolute atomic E-state index is 15.8. The SMILES string of the molecule is C=CC1CCC(OC(F)(F)c2cc(COCC(F)CCC)ccc2-c2ccc(-c3ccccc3)cc2)CC1. The summed E-state index contributed by atoms with van der Waals surface area (Å²) in [5.41, 5.74) is 3.53. The zero-order valence-corrected chi connectivity index (χ0v) is 22.1. The number of alkyl halides is 3. The molecule has 3 aromatic rings. The van der Waals surface area contributed by atoms with Gasteiger partial charge in [0.25, 0.3) is 0 Å². The Morgan fingerprint density at radius 1 is 0.921 bits per heavy atom. The molecule has 1 saturated carbocycles. The van der Waals surface area contributed by atoms with Crippen LogP contribution in [-0.4, -0.2) is 18.9 Å². The Hall–Kier alpha value is -2.89. The number of allylic oxidation sites excluding steroid dienone is 1. The van der Waals surface area contributed by atoms with Gasteiger partial charge in [0.15, 0.2) is 0 Å². The predicted molar refractivity (Wildman–Crippen MR) is 148 cm³/mol. The van der Waals surface area contributed by atoms with Crippen molar-refractivity contribution in [1.29, 1.82) is 0 Å². The second-order valence-corrected chi connectivity index (χ2v) is 10.1. The molecule has 4 rings (SSSR count). The van der Waals surface area contributed by atoms with Crippen LogP contribution in [0.15, 0.2) is 85.5 Å². The highest BCUT2D eigenvalue weighted by molar-refractivity contribution is 5.73. The van der Waals surface area contributed by atoms with Crippen molar-refractivity contribution in [3.63, 3.8) is 0 Å². The van der Waals surface area contributed by atoms with Crippen molar-refractivity contribution in [2.45, 2.75) is 70.4 Å². The van der Waals surface area contributed by atoms with E-state index in [0.29, 0.717) is 41.9 Å². The minimum Gasteiger partial charge on any atom is -0.374 e. The first-order valence-corrected chi connectivity index (χ1v) is 13.6. The Morgan fingerprint density at radius 3 is 2.24 bits per heavy atom. The van der Waals surface area contributed by atoms with Gasteiger partial charge in [0.2, 0.25) is 0 Å². The average molecular weight is 523 g/mol. The van der Waals surface area contributed by atoms with Crippen LogP contribution in [0.2, 0.25) is 0 Å². The molecule has 202 valence electrons. The lowest BCUT2D eigenvalue weighted by molar-refractivity contribution is -0.277. The molecule has 1 unspecified atom stereocenters. The van der Waals surface area contributed by atoms with Crippen LogP contribution in [0.3, 0.4) is 0 Å². The summed E-state index contributed by atoms with van der Waals surface area (Å²) in [7, 11) is 0. The lowest BCUT2D eigenvalue weighted by Crippen LogP contribution is -2.30. The van der Waals surface area contributed by atoms with Gasteiger partial charge in [-0.3, -0.25) is 0 Å². The largest absolute Gasteiger partial charge is 0.384 e. The number of hydrogen-bond donors (Lipinski definition) is 0. The molecule has 0 spiro atoms. The van der Waals surface area contributed by atoms with Gasteiger partial charge in [0.05, 0.1) is 24.9 Å². The highest BCUT2D eigenvalue weighted by Gasteiger charge is 2.39. The molecule has 0 aliphatic heterocycles. The van der Waals surface area contributed by atoms with Gasteiger partial charge in [-0.2, -0.15) is 8.78 Å². The Morgan fingerprint density at radius 2 is 1.58 bits per heavy atom. The Bertz CT molecular complexity index is 1150. The minimum absolute atomic E-state index is 0.0503. The topological polar surface area (TPSA) is 18.5 Å². The smallest absolute Gasteiger partial charge is 0.374 e. The van der Waals surface area contributed by atoms with Crippen molar-refractivity contribution in [3.8, 4) is 22.3 Å². The maximum Gasteiger partial charge on any atom is 0.384 e. The molecule has 5 heteroatoms. The summed E-state index contributed by atoms with van der Waals surface area (Å²) in [6, 6.07) is 22.4. The molecule has 3 aromatic carbocycles. The van der Waals surface area contributed by atoms with Crippen LogP contribution in [0.5, 0.6) is 0 Å². The van der Waals surface area contributed by atoms with Crippen LogP contribution < -0.4 is 0 Å². The van der Waals surface area contributed by atoms with Gasteiger partial charge < -0.3 is 9.47 Å². The monoisotopic (exact) mass is 522 g/mol. The summed E-state index contributed by atoms with van der Waals surface area (Å²) in [4.78, 5) is 0. The van der Waals surface area contributed by atoms with E-state index in [1.54, 1.807) is 12.1 Å². The van der Waals surface area contributed by atoms with E-state index in [4.69, 9.17) is 9.47 Å². The molecule has 2 nitrogen and oxygen atoms in total. The summed E-state index contributed by atoms with van der Waals surface area (Å²) < 4.78 is 56.4. The first-order chi connectivity index (χ1) is 18.4. The second-order valence-electron chi connectivity index (χ2n) is 10.1. The van der Waals surface area contributed by atoms with Gasteiger partial charge >= 0.3 is 6.11 Å². The van der Waals surface area contributed by atoms with E-state index in [2.05, 4.69) is 6.58 Å². The lowest BCUT2D eigenvalue weighted by Gasteiger charge is -2.31. The molecule has 0 N–H and O–H groups in total. The van der Waals surface area contributed by atoms with Gasteiger partial charge in [-0.25, -0.2) is 4.39 Å². The number of halogens is 3. The number of hydrogen-bond acceptors (Lipinski definition) is 2. The van der Waals surface area contributed by atoms with Crippen molar-refractivity contribution in [1.82, 2.24) is 0 Å². The normalized spacial score (nSPS) is 18.7. The fourth-order valence-corrected chi connectivity index (χ4v) is 5.06. The van der Waals surface area contributed by atoms with Crippen LogP contribution in [0, 0.1) is 5.92 Å². The molecule has 1 aliphatic carbocycles. The van der Waals surface area contributed by atoms with Crippen LogP contribution in [0.1, 0.15) is 56.6 Å². The summed E-state index contributed by atoms with van der Waals surface area (Å²) in [6.45, 7) is 5.76.